The number of rotatable bonds is 4. The topological polar surface area (TPSA) is 74.7 Å². The Balaban J connectivity index is 1.92. The standard InChI is InChI=1S/C19H24N2O4S/c1-19(2,3)24-14-16-13-21(12-15-8-5-4-6-9-15)26(22,23)17-10-7-11-20-18(17)25-16/h4-11,16H,12-14H2,1-3H3. The summed E-state index contributed by atoms with van der Waals surface area (Å²) in [7, 11) is -3.71. The Bertz CT molecular complexity index is 792. The highest BCUT2D eigenvalue weighted by Gasteiger charge is 2.40. The molecule has 0 radical (unpaired) electrons. The molecule has 140 valence electrons. The maximum Gasteiger partial charge on any atom is 0.272 e. The average molecular weight is 376 g/mol. The van der Waals surface area contributed by atoms with Crippen LogP contribution in [0.3, 0.4) is 0 Å². The van der Waals surface area contributed by atoms with Crippen LogP contribution in [0.25, 0.3) is 0 Å². The number of hydrogen-bond donors (Lipinski definition) is 0. The van der Waals surface area contributed by atoms with Crippen molar-refractivity contribution >= 4 is 10.4 Å². The summed E-state index contributed by atoms with van der Waals surface area (Å²) >= 11 is 0. The fourth-order valence-electron chi connectivity index (χ4n) is 2.69. The average Bonchev–Trinajstić information content (AvgIpc) is 2.69. The number of benzene rings is 1. The minimum absolute atomic E-state index is 0.0918. The first-order valence-electron chi connectivity index (χ1n) is 8.55. The van der Waals surface area contributed by atoms with Crippen molar-refractivity contribution in [1.29, 1.82) is 0 Å². The molecule has 0 N–H and O–H groups in total. The Morgan fingerprint density at radius 3 is 2.69 bits per heavy atom. The van der Waals surface area contributed by atoms with E-state index in [0.717, 1.165) is 5.56 Å². The highest BCUT2D eigenvalue weighted by atomic mass is 32.3. The predicted octanol–water partition coefficient (Wildman–Crippen LogP) is 3.06. The van der Waals surface area contributed by atoms with Crippen LogP contribution in [-0.4, -0.2) is 38.7 Å². The van der Waals surface area contributed by atoms with Crippen LogP contribution in [-0.2, 0) is 25.9 Å². The summed E-state index contributed by atoms with van der Waals surface area (Å²) in [5.74, 6) is 0.130. The smallest absolute Gasteiger partial charge is 0.272 e. The van der Waals surface area contributed by atoms with Gasteiger partial charge in [0.1, 0.15) is 6.10 Å². The second kappa shape index (κ2) is 7.44. The normalized spacial score (nSPS) is 23.8. The van der Waals surface area contributed by atoms with Gasteiger partial charge in [-0.2, -0.15) is 0 Å². The minimum atomic E-state index is -3.71. The van der Waals surface area contributed by atoms with Crippen LogP contribution in [0.4, 0.5) is 0 Å². The molecule has 7 heteroatoms. The molecule has 0 bridgehead atoms. The van der Waals surface area contributed by atoms with Gasteiger partial charge in [-0.05, 0) is 32.4 Å². The highest BCUT2D eigenvalue weighted by molar-refractivity contribution is 7.95. The van der Waals surface area contributed by atoms with Gasteiger partial charge in [-0.3, -0.25) is 0 Å². The summed E-state index contributed by atoms with van der Waals surface area (Å²) in [5.41, 5.74) is 0.574. The Kier molecular flexibility index (Phi) is 5.43. The van der Waals surface area contributed by atoms with Crippen LogP contribution in [0.5, 0.6) is 5.88 Å². The van der Waals surface area contributed by atoms with Gasteiger partial charge in [-0.1, -0.05) is 34.5 Å². The summed E-state index contributed by atoms with van der Waals surface area (Å²) in [6.45, 7) is 6.61. The summed E-state index contributed by atoms with van der Waals surface area (Å²) in [5, 5.41) is 0. The molecule has 1 aliphatic rings. The fraction of sp³-hybridized carbons (Fsp3) is 0.421. The summed E-state index contributed by atoms with van der Waals surface area (Å²) in [6.07, 6.45) is 1.09. The van der Waals surface area contributed by atoms with Crippen molar-refractivity contribution in [2.75, 3.05) is 13.2 Å². The molecule has 0 fully saturated rings. The molecule has 2 aromatic rings. The van der Waals surface area contributed by atoms with Gasteiger partial charge in [0.2, 0.25) is 4.90 Å². The zero-order valence-electron chi connectivity index (χ0n) is 15.3. The Morgan fingerprint density at radius 2 is 2.00 bits per heavy atom. The van der Waals surface area contributed by atoms with Crippen molar-refractivity contribution in [3.63, 3.8) is 0 Å². The molecular formula is C19H24N2O4S. The fourth-order valence-corrected chi connectivity index (χ4v) is 4.22. The molecule has 0 spiro atoms. The minimum Gasteiger partial charge on any atom is -0.593 e. The van der Waals surface area contributed by atoms with E-state index >= 15 is 0 Å². The number of fused-ring (bicyclic) bond motifs is 1. The number of nitrogens with zero attached hydrogens (tertiary/aromatic N) is 2. The molecule has 1 aliphatic heterocycles. The molecule has 1 aromatic carbocycles. The van der Waals surface area contributed by atoms with E-state index < -0.39 is 16.5 Å². The van der Waals surface area contributed by atoms with Gasteiger partial charge in [0.15, 0.2) is 10.4 Å². The molecule has 2 unspecified atom stereocenters. The molecule has 0 saturated heterocycles. The number of ether oxygens (including phenoxy) is 2. The van der Waals surface area contributed by atoms with E-state index in [1.54, 1.807) is 6.07 Å². The molecule has 2 heterocycles. The van der Waals surface area contributed by atoms with E-state index in [-0.39, 0.29) is 36.1 Å². The van der Waals surface area contributed by atoms with Crippen LogP contribution in [0.2, 0.25) is 0 Å². The lowest BCUT2D eigenvalue weighted by Gasteiger charge is -2.27. The second-order valence-corrected chi connectivity index (χ2v) is 9.16. The van der Waals surface area contributed by atoms with Crippen molar-refractivity contribution in [2.45, 2.75) is 43.9 Å². The van der Waals surface area contributed by atoms with E-state index in [1.807, 2.05) is 51.1 Å². The van der Waals surface area contributed by atoms with E-state index in [1.165, 1.54) is 16.6 Å². The summed E-state index contributed by atoms with van der Waals surface area (Å²) in [4.78, 5) is 4.22. The van der Waals surface area contributed by atoms with Crippen LogP contribution < -0.4 is 4.74 Å². The second-order valence-electron chi connectivity index (χ2n) is 7.25. The predicted molar refractivity (Wildman–Crippen MR) is 98.3 cm³/mol. The molecule has 1 aromatic heterocycles. The number of aromatic nitrogens is 1. The lowest BCUT2D eigenvalue weighted by atomic mass is 10.2. The van der Waals surface area contributed by atoms with Gasteiger partial charge in [0, 0.05) is 12.3 Å². The zero-order chi connectivity index (χ0) is 18.8. The Morgan fingerprint density at radius 1 is 1.27 bits per heavy atom. The maximum atomic E-state index is 13.1. The van der Waals surface area contributed by atoms with Crippen LogP contribution >= 0.6 is 0 Å². The number of pyridine rings is 1. The summed E-state index contributed by atoms with van der Waals surface area (Å²) in [6, 6.07) is 12.6. The third-order valence-electron chi connectivity index (χ3n) is 3.94. The molecule has 0 amide bonds. The lowest BCUT2D eigenvalue weighted by molar-refractivity contribution is -0.0455. The lowest BCUT2D eigenvalue weighted by Crippen LogP contribution is -2.42. The summed E-state index contributed by atoms with van der Waals surface area (Å²) < 4.78 is 39.4. The SMILES string of the molecule is CC(C)(C)OCC1CN(Cc2ccccc2)[S+](=O)([O-])c2cccnc2O1. The van der Waals surface area contributed by atoms with Crippen molar-refractivity contribution < 1.29 is 18.2 Å². The highest BCUT2D eigenvalue weighted by Crippen LogP contribution is 2.33. The van der Waals surface area contributed by atoms with E-state index in [9.17, 15) is 8.76 Å². The Labute approximate surface area is 155 Å². The van der Waals surface area contributed by atoms with E-state index in [0.29, 0.717) is 0 Å². The zero-order valence-corrected chi connectivity index (χ0v) is 16.1. The van der Waals surface area contributed by atoms with E-state index in [2.05, 4.69) is 4.98 Å². The molecule has 3 rings (SSSR count). The molecule has 6 nitrogen and oxygen atoms in total. The van der Waals surface area contributed by atoms with Crippen molar-refractivity contribution in [3.05, 3.63) is 54.2 Å². The quantitative estimate of drug-likeness (QED) is 0.767. The van der Waals surface area contributed by atoms with Gasteiger partial charge in [-0.25, -0.2) is 4.98 Å². The third-order valence-corrected chi connectivity index (χ3v) is 5.77. The Hall–Kier alpha value is -1.80. The van der Waals surface area contributed by atoms with Crippen LogP contribution in [0.1, 0.15) is 26.3 Å². The molecule has 0 aliphatic carbocycles. The van der Waals surface area contributed by atoms with E-state index in [4.69, 9.17) is 9.47 Å². The number of hydrogen-bond acceptors (Lipinski definition) is 5. The first-order valence-corrected chi connectivity index (χ1v) is 9.99. The monoisotopic (exact) mass is 376 g/mol. The van der Waals surface area contributed by atoms with Gasteiger partial charge in [0.05, 0.1) is 25.3 Å². The van der Waals surface area contributed by atoms with Crippen molar-refractivity contribution in [2.24, 2.45) is 0 Å². The third kappa shape index (κ3) is 4.48. The first-order chi connectivity index (χ1) is 12.3. The van der Waals surface area contributed by atoms with Crippen molar-refractivity contribution in [1.82, 2.24) is 9.29 Å². The van der Waals surface area contributed by atoms with Crippen molar-refractivity contribution in [3.8, 4) is 5.88 Å². The van der Waals surface area contributed by atoms with Crippen LogP contribution in [0, 0.1) is 0 Å². The molecule has 0 saturated carbocycles. The number of sulfonamides is 1. The van der Waals surface area contributed by atoms with Crippen LogP contribution in [0.15, 0.2) is 53.6 Å². The van der Waals surface area contributed by atoms with Gasteiger partial charge >= 0.3 is 0 Å². The maximum absolute atomic E-state index is 13.1. The molecule has 2 atom stereocenters. The van der Waals surface area contributed by atoms with Gasteiger partial charge in [0.25, 0.3) is 5.88 Å². The van der Waals surface area contributed by atoms with Gasteiger partial charge in [-0.15, -0.1) is 4.31 Å². The molecular weight excluding hydrogens is 352 g/mol. The molecule has 26 heavy (non-hydrogen) atoms. The largest absolute Gasteiger partial charge is 0.593 e. The first kappa shape index (κ1) is 19.0. The van der Waals surface area contributed by atoms with Gasteiger partial charge < -0.3 is 14.0 Å².